The molecule has 1 rings (SSSR count). The molecule has 9 nitrogen and oxygen atoms in total. The van der Waals surface area contributed by atoms with Crippen molar-refractivity contribution >= 4 is 5.91 Å². The predicted molar refractivity (Wildman–Crippen MR) is 364 cm³/mol. The quantitative estimate of drug-likeness (QED) is 0.0261. The van der Waals surface area contributed by atoms with Crippen molar-refractivity contribution in [2.24, 2.45) is 0 Å². The highest BCUT2D eigenvalue weighted by Gasteiger charge is 2.44. The Hall–Kier alpha value is -2.37. The fourth-order valence-electron chi connectivity index (χ4n) is 11.6. The number of rotatable bonds is 64. The number of aliphatic hydroxyl groups is 5. The number of nitrogens with one attached hydrogen (secondary N) is 1. The van der Waals surface area contributed by atoms with E-state index in [1.807, 2.05) is 6.08 Å². The van der Waals surface area contributed by atoms with Gasteiger partial charge in [-0.15, -0.1) is 0 Å². The molecule has 1 fully saturated rings. The maximum atomic E-state index is 13.1. The van der Waals surface area contributed by atoms with Crippen molar-refractivity contribution in [3.05, 3.63) is 72.9 Å². The lowest BCUT2D eigenvalue weighted by Crippen LogP contribution is -2.60. The Morgan fingerprint density at radius 2 is 0.729 bits per heavy atom. The van der Waals surface area contributed by atoms with Crippen molar-refractivity contribution in [1.82, 2.24) is 5.32 Å². The molecule has 1 amide bonds. The fraction of sp³-hybridized carbons (Fsp3) is 0.829. The van der Waals surface area contributed by atoms with Crippen LogP contribution in [0.25, 0.3) is 0 Å². The van der Waals surface area contributed by atoms with Gasteiger partial charge < -0.3 is 40.3 Å². The van der Waals surface area contributed by atoms with Gasteiger partial charge in [0.1, 0.15) is 24.4 Å². The second-order valence-electron chi connectivity index (χ2n) is 25.4. The first kappa shape index (κ1) is 80.6. The summed E-state index contributed by atoms with van der Waals surface area (Å²) in [6.45, 7) is 3.71. The lowest BCUT2D eigenvalue weighted by atomic mass is 9.99. The van der Waals surface area contributed by atoms with Crippen molar-refractivity contribution in [3.8, 4) is 0 Å². The number of hydrogen-bond acceptors (Lipinski definition) is 8. The summed E-state index contributed by atoms with van der Waals surface area (Å²) in [6, 6.07) is -0.811. The van der Waals surface area contributed by atoms with Crippen LogP contribution in [0.2, 0.25) is 0 Å². The summed E-state index contributed by atoms with van der Waals surface area (Å²) in [6.07, 6.45) is 84.5. The maximum Gasteiger partial charge on any atom is 0.220 e. The second kappa shape index (κ2) is 64.6. The van der Waals surface area contributed by atoms with E-state index in [1.54, 1.807) is 6.08 Å². The van der Waals surface area contributed by atoms with Crippen molar-refractivity contribution in [2.45, 2.75) is 391 Å². The van der Waals surface area contributed by atoms with E-state index in [0.29, 0.717) is 6.42 Å². The molecular formula is C76H139NO8. The lowest BCUT2D eigenvalue weighted by Gasteiger charge is -2.40. The minimum atomic E-state index is -1.57. The third-order valence-electron chi connectivity index (χ3n) is 17.3. The van der Waals surface area contributed by atoms with Gasteiger partial charge in [0.15, 0.2) is 6.29 Å². The van der Waals surface area contributed by atoms with E-state index >= 15 is 0 Å². The van der Waals surface area contributed by atoms with Crippen LogP contribution >= 0.6 is 0 Å². The van der Waals surface area contributed by atoms with Crippen molar-refractivity contribution in [1.29, 1.82) is 0 Å². The zero-order valence-corrected chi connectivity index (χ0v) is 55.6. The van der Waals surface area contributed by atoms with Gasteiger partial charge in [-0.25, -0.2) is 0 Å². The number of aliphatic hydroxyl groups excluding tert-OH is 5. The molecule has 496 valence electrons. The zero-order chi connectivity index (χ0) is 61.4. The van der Waals surface area contributed by atoms with Gasteiger partial charge >= 0.3 is 0 Å². The fourth-order valence-corrected chi connectivity index (χ4v) is 11.6. The van der Waals surface area contributed by atoms with E-state index < -0.39 is 49.5 Å². The lowest BCUT2D eigenvalue weighted by molar-refractivity contribution is -0.302. The molecule has 6 N–H and O–H groups in total. The standard InChI is InChI=1S/C76H139NO8/c1-3-5-7-9-11-13-15-17-19-21-23-25-27-29-31-33-34-35-36-38-39-41-43-45-47-49-51-53-55-57-59-61-63-65-70(79)69(68-84-76-75(83)74(82)73(81)71(67-78)85-76)77-72(80)66-64-62-60-58-56-54-52-50-48-46-44-42-40-37-32-30-28-26-24-22-20-18-16-14-12-10-8-6-4-2/h6,8,12,14,18,20,24,26,30,32,63,65,69-71,73-76,78-79,81-83H,3-5,7,9-11,13,15-17,19,21-23,25,27-29,31,33-62,64,66-68H2,1-2H3,(H,77,80)/b8-6-,14-12-,20-18-,26-24-,32-30-,65-63+. The largest absolute Gasteiger partial charge is 0.394 e. The van der Waals surface area contributed by atoms with E-state index in [1.165, 1.54) is 257 Å². The molecule has 7 unspecified atom stereocenters. The summed E-state index contributed by atoms with van der Waals surface area (Å²) in [7, 11) is 0. The summed E-state index contributed by atoms with van der Waals surface area (Å²) in [5, 5.41) is 54.8. The van der Waals surface area contributed by atoms with Crippen LogP contribution in [0.3, 0.4) is 0 Å². The number of carbonyl (C=O) groups is 1. The first-order valence-corrected chi connectivity index (χ1v) is 36.7. The van der Waals surface area contributed by atoms with Crippen LogP contribution in [0.5, 0.6) is 0 Å². The minimum Gasteiger partial charge on any atom is -0.394 e. The number of allylic oxidation sites excluding steroid dienone is 11. The maximum absolute atomic E-state index is 13.1. The van der Waals surface area contributed by atoms with Gasteiger partial charge in [-0.1, -0.05) is 350 Å². The second-order valence-corrected chi connectivity index (χ2v) is 25.4. The molecule has 0 spiro atoms. The Balaban J connectivity index is 2.12. The summed E-state index contributed by atoms with van der Waals surface area (Å²) in [5.74, 6) is -0.176. The first-order valence-electron chi connectivity index (χ1n) is 36.7. The number of carbonyl (C=O) groups excluding carboxylic acids is 1. The first-order chi connectivity index (χ1) is 41.8. The molecule has 0 saturated carbocycles. The average Bonchev–Trinajstić information content (AvgIpc) is 3.56. The Bertz CT molecular complexity index is 1570. The Morgan fingerprint density at radius 1 is 0.412 bits per heavy atom. The van der Waals surface area contributed by atoms with Crippen LogP contribution in [0.15, 0.2) is 72.9 Å². The van der Waals surface area contributed by atoms with E-state index in [0.717, 1.165) is 70.6 Å². The Labute approximate surface area is 525 Å². The molecule has 85 heavy (non-hydrogen) atoms. The van der Waals surface area contributed by atoms with Crippen molar-refractivity contribution in [2.75, 3.05) is 13.2 Å². The van der Waals surface area contributed by atoms with Gasteiger partial charge in [0.05, 0.1) is 25.4 Å². The van der Waals surface area contributed by atoms with Crippen LogP contribution in [0, 0.1) is 0 Å². The molecule has 1 saturated heterocycles. The number of amides is 1. The molecular weight excluding hydrogens is 1050 g/mol. The Morgan fingerprint density at radius 3 is 1.08 bits per heavy atom. The van der Waals surface area contributed by atoms with Crippen LogP contribution in [-0.4, -0.2) is 87.5 Å². The molecule has 1 aliphatic heterocycles. The number of unbranched alkanes of at least 4 members (excludes halogenated alkanes) is 44. The zero-order valence-electron chi connectivity index (χ0n) is 55.6. The molecule has 0 aliphatic carbocycles. The van der Waals surface area contributed by atoms with Crippen LogP contribution in [-0.2, 0) is 14.3 Å². The third-order valence-corrected chi connectivity index (χ3v) is 17.3. The summed E-state index contributed by atoms with van der Waals surface area (Å²) < 4.78 is 11.3. The highest BCUT2D eigenvalue weighted by molar-refractivity contribution is 5.76. The van der Waals surface area contributed by atoms with Gasteiger partial charge in [0, 0.05) is 6.42 Å². The minimum absolute atomic E-state index is 0.176. The van der Waals surface area contributed by atoms with E-state index in [9.17, 15) is 30.3 Å². The molecule has 7 atom stereocenters. The highest BCUT2D eigenvalue weighted by atomic mass is 16.7. The smallest absolute Gasteiger partial charge is 0.220 e. The molecule has 0 bridgehead atoms. The van der Waals surface area contributed by atoms with Crippen LogP contribution in [0.1, 0.15) is 348 Å². The van der Waals surface area contributed by atoms with Crippen LogP contribution in [0.4, 0.5) is 0 Å². The van der Waals surface area contributed by atoms with E-state index in [4.69, 9.17) is 9.47 Å². The highest BCUT2D eigenvalue weighted by Crippen LogP contribution is 2.23. The average molecular weight is 1190 g/mol. The summed E-state index contributed by atoms with van der Waals surface area (Å²) in [4.78, 5) is 13.1. The van der Waals surface area contributed by atoms with Crippen LogP contribution < -0.4 is 5.32 Å². The topological polar surface area (TPSA) is 149 Å². The molecule has 9 heteroatoms. The van der Waals surface area contributed by atoms with Gasteiger partial charge in [-0.3, -0.25) is 4.79 Å². The predicted octanol–water partition coefficient (Wildman–Crippen LogP) is 20.3. The molecule has 0 aromatic rings. The molecule has 1 aliphatic rings. The van der Waals surface area contributed by atoms with E-state index in [2.05, 4.69) is 79.9 Å². The number of ether oxygens (including phenoxy) is 2. The molecule has 0 aromatic carbocycles. The summed E-state index contributed by atoms with van der Waals surface area (Å²) >= 11 is 0. The van der Waals surface area contributed by atoms with Crippen molar-refractivity contribution in [3.63, 3.8) is 0 Å². The number of hydrogen-bond donors (Lipinski definition) is 6. The normalized spacial score (nSPS) is 18.5. The molecule has 0 aromatic heterocycles. The van der Waals surface area contributed by atoms with Crippen molar-refractivity contribution < 1.29 is 39.8 Å². The van der Waals surface area contributed by atoms with Gasteiger partial charge in [-0.05, 0) is 64.2 Å². The van der Waals surface area contributed by atoms with E-state index in [-0.39, 0.29) is 12.5 Å². The summed E-state index contributed by atoms with van der Waals surface area (Å²) in [5.41, 5.74) is 0. The Kier molecular flexibility index (Phi) is 61.3. The van der Waals surface area contributed by atoms with Gasteiger partial charge in [-0.2, -0.15) is 0 Å². The molecule has 0 radical (unpaired) electrons. The molecule has 1 heterocycles. The SMILES string of the molecule is CC/C=C\C/C=C\C/C=C\C/C=C\C/C=C\CCCCCCCCCCCCCCCC(=O)NC(COC1OC(CO)C(O)C(O)C1O)C(O)/C=C/CCCCCCCCCCCCCCCCCCCCCCCCCCCCCCCCC. The third kappa shape index (κ3) is 53.2. The van der Waals surface area contributed by atoms with Gasteiger partial charge in [0.25, 0.3) is 0 Å². The monoisotopic (exact) mass is 1190 g/mol. The van der Waals surface area contributed by atoms with Gasteiger partial charge in [0.2, 0.25) is 5.91 Å².